The van der Waals surface area contributed by atoms with Crippen molar-refractivity contribution in [1.29, 1.82) is 0 Å². The molecule has 1 heterocycles. The second kappa shape index (κ2) is 7.91. The van der Waals surface area contributed by atoms with Crippen molar-refractivity contribution < 1.29 is 8.42 Å². The topological polar surface area (TPSA) is 78.1 Å². The smallest absolute Gasteiger partial charge is 0.246 e. The Balaban J connectivity index is 3.08. The summed E-state index contributed by atoms with van der Waals surface area (Å²) in [7, 11) is -3.50. The fourth-order valence-electron chi connectivity index (χ4n) is 2.25. The second-order valence-corrected chi connectivity index (χ2v) is 7.53. The van der Waals surface area contributed by atoms with E-state index in [2.05, 4.69) is 22.4 Å². The Labute approximate surface area is 128 Å². The van der Waals surface area contributed by atoms with E-state index in [0.29, 0.717) is 35.9 Å². The zero-order chi connectivity index (χ0) is 16.0. The van der Waals surface area contributed by atoms with E-state index in [9.17, 15) is 8.42 Å². The molecule has 1 aromatic heterocycles. The second-order valence-electron chi connectivity index (χ2n) is 5.65. The van der Waals surface area contributed by atoms with Crippen molar-refractivity contribution in [3.05, 3.63) is 11.4 Å². The molecule has 0 unspecified atom stereocenters. The van der Waals surface area contributed by atoms with Gasteiger partial charge in [0, 0.05) is 19.6 Å². The first kappa shape index (κ1) is 18.1. The maximum absolute atomic E-state index is 12.9. The van der Waals surface area contributed by atoms with Gasteiger partial charge in [-0.1, -0.05) is 27.7 Å². The number of rotatable bonds is 9. The Morgan fingerprint density at radius 2 is 2.00 bits per heavy atom. The SMILES string of the molecule is CCCNCc1n[nH]c(C)c1S(=O)(=O)N(CC)CC(C)C. The monoisotopic (exact) mass is 316 g/mol. The maximum atomic E-state index is 12.9. The lowest BCUT2D eigenvalue weighted by molar-refractivity contribution is 0.380. The standard InChI is InChI=1S/C14H28N4O2S/c1-6-8-15-9-13-14(12(5)16-17-13)21(19,20)18(7-2)10-11(3)4/h11,15H,6-10H2,1-5H3,(H,16,17). The molecule has 122 valence electrons. The number of sulfonamides is 1. The van der Waals surface area contributed by atoms with Gasteiger partial charge in [0.1, 0.15) is 4.90 Å². The first-order chi connectivity index (χ1) is 9.84. The number of aryl methyl sites for hydroxylation is 1. The Hall–Kier alpha value is -0.920. The summed E-state index contributed by atoms with van der Waals surface area (Å²) < 4.78 is 27.3. The Kier molecular flexibility index (Phi) is 6.83. The average molecular weight is 316 g/mol. The first-order valence-corrected chi connectivity index (χ1v) is 9.03. The van der Waals surface area contributed by atoms with E-state index in [4.69, 9.17) is 0 Å². The van der Waals surface area contributed by atoms with Gasteiger partial charge in [-0.15, -0.1) is 0 Å². The van der Waals surface area contributed by atoms with Crippen LogP contribution in [0.2, 0.25) is 0 Å². The Morgan fingerprint density at radius 3 is 2.52 bits per heavy atom. The molecule has 0 aliphatic rings. The van der Waals surface area contributed by atoms with Crippen LogP contribution in [0.5, 0.6) is 0 Å². The van der Waals surface area contributed by atoms with Gasteiger partial charge in [0.15, 0.2) is 0 Å². The van der Waals surface area contributed by atoms with Crippen LogP contribution in [0.4, 0.5) is 0 Å². The molecule has 21 heavy (non-hydrogen) atoms. The van der Waals surface area contributed by atoms with Gasteiger partial charge >= 0.3 is 0 Å². The van der Waals surface area contributed by atoms with Crippen molar-refractivity contribution in [2.24, 2.45) is 5.92 Å². The molecule has 1 rings (SSSR count). The third-order valence-corrected chi connectivity index (χ3v) is 5.34. The maximum Gasteiger partial charge on any atom is 0.246 e. The molecule has 0 amide bonds. The van der Waals surface area contributed by atoms with Crippen molar-refractivity contribution in [3.8, 4) is 0 Å². The zero-order valence-corrected chi connectivity index (χ0v) is 14.5. The third kappa shape index (κ3) is 4.52. The minimum absolute atomic E-state index is 0.286. The quantitative estimate of drug-likeness (QED) is 0.682. The summed E-state index contributed by atoms with van der Waals surface area (Å²) in [4.78, 5) is 0.327. The molecule has 0 aromatic carbocycles. The molecule has 0 fully saturated rings. The summed E-state index contributed by atoms with van der Waals surface area (Å²) in [5.74, 6) is 0.286. The molecule has 0 saturated carbocycles. The van der Waals surface area contributed by atoms with Crippen LogP contribution >= 0.6 is 0 Å². The average Bonchev–Trinajstić information content (AvgIpc) is 2.77. The summed E-state index contributed by atoms with van der Waals surface area (Å²) in [5.41, 5.74) is 1.17. The minimum atomic E-state index is -3.50. The van der Waals surface area contributed by atoms with Crippen LogP contribution in [-0.2, 0) is 16.6 Å². The van der Waals surface area contributed by atoms with E-state index >= 15 is 0 Å². The molecular formula is C14H28N4O2S. The highest BCUT2D eigenvalue weighted by Crippen LogP contribution is 2.23. The number of hydrogen-bond acceptors (Lipinski definition) is 4. The van der Waals surface area contributed by atoms with Crippen molar-refractivity contribution >= 4 is 10.0 Å². The van der Waals surface area contributed by atoms with Crippen molar-refractivity contribution in [3.63, 3.8) is 0 Å². The minimum Gasteiger partial charge on any atom is -0.311 e. The molecule has 0 aliphatic heterocycles. The fraction of sp³-hybridized carbons (Fsp3) is 0.786. The number of aromatic amines is 1. The lowest BCUT2D eigenvalue weighted by Crippen LogP contribution is -2.35. The molecule has 7 heteroatoms. The van der Waals surface area contributed by atoms with Crippen molar-refractivity contribution in [2.75, 3.05) is 19.6 Å². The highest BCUT2D eigenvalue weighted by molar-refractivity contribution is 7.89. The van der Waals surface area contributed by atoms with Crippen molar-refractivity contribution in [1.82, 2.24) is 19.8 Å². The Bertz CT molecular complexity index is 537. The predicted octanol–water partition coefficient (Wildman–Crippen LogP) is 1.88. The number of nitrogens with zero attached hydrogens (tertiary/aromatic N) is 2. The zero-order valence-electron chi connectivity index (χ0n) is 13.7. The largest absolute Gasteiger partial charge is 0.311 e. The molecule has 2 N–H and O–H groups in total. The number of aromatic nitrogens is 2. The molecule has 0 radical (unpaired) electrons. The van der Waals surface area contributed by atoms with Gasteiger partial charge in [-0.3, -0.25) is 5.10 Å². The lowest BCUT2D eigenvalue weighted by atomic mass is 10.2. The van der Waals surface area contributed by atoms with E-state index < -0.39 is 10.0 Å². The van der Waals surface area contributed by atoms with Crippen LogP contribution in [0.3, 0.4) is 0 Å². The van der Waals surface area contributed by atoms with Crippen LogP contribution in [0, 0.1) is 12.8 Å². The molecule has 0 atom stereocenters. The summed E-state index contributed by atoms with van der Waals surface area (Å²) in [6, 6.07) is 0. The van der Waals surface area contributed by atoms with Crippen LogP contribution in [0.25, 0.3) is 0 Å². The fourth-order valence-corrected chi connectivity index (χ4v) is 4.19. The van der Waals surface area contributed by atoms with Gasteiger partial charge < -0.3 is 5.32 Å². The highest BCUT2D eigenvalue weighted by Gasteiger charge is 2.30. The highest BCUT2D eigenvalue weighted by atomic mass is 32.2. The van der Waals surface area contributed by atoms with E-state index in [1.165, 1.54) is 4.31 Å². The van der Waals surface area contributed by atoms with E-state index in [1.807, 2.05) is 20.8 Å². The molecule has 0 saturated heterocycles. The summed E-state index contributed by atoms with van der Waals surface area (Å²) in [6.07, 6.45) is 1.000. The summed E-state index contributed by atoms with van der Waals surface area (Å²) in [6.45, 7) is 12.0. The van der Waals surface area contributed by atoms with Gasteiger partial charge in [0.05, 0.1) is 11.4 Å². The predicted molar refractivity (Wildman–Crippen MR) is 84.6 cm³/mol. The number of H-pyrrole nitrogens is 1. The molecule has 1 aromatic rings. The van der Waals surface area contributed by atoms with Crippen LogP contribution in [0.1, 0.15) is 45.5 Å². The Morgan fingerprint density at radius 1 is 1.33 bits per heavy atom. The van der Waals surface area contributed by atoms with Gasteiger partial charge in [-0.25, -0.2) is 8.42 Å². The van der Waals surface area contributed by atoms with E-state index in [-0.39, 0.29) is 5.92 Å². The van der Waals surface area contributed by atoms with Crippen molar-refractivity contribution in [2.45, 2.75) is 52.5 Å². The van der Waals surface area contributed by atoms with Crippen LogP contribution in [0.15, 0.2) is 4.90 Å². The molecular weight excluding hydrogens is 288 g/mol. The van der Waals surface area contributed by atoms with E-state index in [1.54, 1.807) is 6.92 Å². The number of nitrogens with one attached hydrogen (secondary N) is 2. The molecule has 0 spiro atoms. The van der Waals surface area contributed by atoms with Crippen LogP contribution in [-0.4, -0.2) is 42.6 Å². The summed E-state index contributed by atoms with van der Waals surface area (Å²) >= 11 is 0. The normalized spacial score (nSPS) is 12.5. The van der Waals surface area contributed by atoms with Gasteiger partial charge in [-0.2, -0.15) is 9.40 Å². The first-order valence-electron chi connectivity index (χ1n) is 7.59. The molecule has 0 aliphatic carbocycles. The third-order valence-electron chi connectivity index (χ3n) is 3.20. The molecule has 6 nitrogen and oxygen atoms in total. The van der Waals surface area contributed by atoms with E-state index in [0.717, 1.165) is 13.0 Å². The van der Waals surface area contributed by atoms with Crippen LogP contribution < -0.4 is 5.32 Å². The number of hydrogen-bond donors (Lipinski definition) is 2. The lowest BCUT2D eigenvalue weighted by Gasteiger charge is -2.22. The van der Waals surface area contributed by atoms with Gasteiger partial charge in [-0.05, 0) is 25.8 Å². The van der Waals surface area contributed by atoms with Gasteiger partial charge in [0.25, 0.3) is 0 Å². The van der Waals surface area contributed by atoms with Gasteiger partial charge in [0.2, 0.25) is 10.0 Å². The molecule has 0 bridgehead atoms. The summed E-state index contributed by atoms with van der Waals surface area (Å²) in [5, 5.41) is 10.2.